The van der Waals surface area contributed by atoms with Crippen LogP contribution in [0, 0.1) is 17.5 Å². The predicted molar refractivity (Wildman–Crippen MR) is 75.5 cm³/mol. The van der Waals surface area contributed by atoms with Crippen molar-refractivity contribution in [3.63, 3.8) is 0 Å². The number of hydrogen-bond donors (Lipinski definition) is 1. The second-order valence-corrected chi connectivity index (χ2v) is 5.60. The molecule has 0 aliphatic rings. The summed E-state index contributed by atoms with van der Waals surface area (Å²) in [6.07, 6.45) is 0. The molecule has 1 nitrogen and oxygen atoms in total. The van der Waals surface area contributed by atoms with Crippen LogP contribution in [-0.4, -0.2) is 0 Å². The highest BCUT2D eigenvalue weighted by atomic mass is 79.9. The molecule has 0 saturated heterocycles. The van der Waals surface area contributed by atoms with Crippen LogP contribution in [0.2, 0.25) is 0 Å². The van der Waals surface area contributed by atoms with Gasteiger partial charge in [-0.05, 0) is 34.1 Å². The molecule has 0 saturated carbocycles. The molecule has 100 valence electrons. The summed E-state index contributed by atoms with van der Waals surface area (Å²) in [4.78, 5) is 0. The van der Waals surface area contributed by atoms with Gasteiger partial charge in [0.25, 0.3) is 0 Å². The van der Waals surface area contributed by atoms with Crippen molar-refractivity contribution in [1.82, 2.24) is 0 Å². The van der Waals surface area contributed by atoms with E-state index in [9.17, 15) is 13.2 Å². The van der Waals surface area contributed by atoms with E-state index >= 15 is 0 Å². The molecular weight excluding hydrogens is 387 g/mol. The highest BCUT2D eigenvalue weighted by Crippen LogP contribution is 2.27. The highest BCUT2D eigenvalue weighted by molar-refractivity contribution is 9.10. The third kappa shape index (κ3) is 3.51. The molecular formula is C13H8Br2F3N. The van der Waals surface area contributed by atoms with Gasteiger partial charge in [-0.25, -0.2) is 13.2 Å². The summed E-state index contributed by atoms with van der Waals surface area (Å²) in [7, 11) is 0. The molecule has 6 heteroatoms. The molecule has 0 aliphatic carbocycles. The van der Waals surface area contributed by atoms with Gasteiger partial charge in [-0.3, -0.25) is 0 Å². The van der Waals surface area contributed by atoms with E-state index in [1.807, 2.05) is 0 Å². The molecule has 0 radical (unpaired) electrons. The molecule has 2 rings (SSSR count). The minimum Gasteiger partial charge on any atom is -0.378 e. The van der Waals surface area contributed by atoms with Gasteiger partial charge in [0.05, 0.1) is 5.69 Å². The zero-order chi connectivity index (χ0) is 14.0. The van der Waals surface area contributed by atoms with Gasteiger partial charge in [-0.1, -0.05) is 22.0 Å². The van der Waals surface area contributed by atoms with Crippen LogP contribution >= 0.6 is 31.9 Å². The van der Waals surface area contributed by atoms with Crippen molar-refractivity contribution in [3.05, 3.63) is 62.3 Å². The van der Waals surface area contributed by atoms with Crippen LogP contribution in [0.1, 0.15) is 5.56 Å². The van der Waals surface area contributed by atoms with Gasteiger partial charge in [-0.15, -0.1) is 0 Å². The monoisotopic (exact) mass is 393 g/mol. The molecule has 0 spiro atoms. The molecule has 0 heterocycles. The van der Waals surface area contributed by atoms with Gasteiger partial charge in [0.2, 0.25) is 0 Å². The SMILES string of the molecule is Fc1cc(F)c(NCc2ccc(Br)cc2F)c(Br)c1. The third-order valence-corrected chi connectivity index (χ3v) is 3.60. The smallest absolute Gasteiger partial charge is 0.150 e. The minimum atomic E-state index is -0.732. The lowest BCUT2D eigenvalue weighted by molar-refractivity contribution is 0.582. The Hall–Kier alpha value is -1.01. The van der Waals surface area contributed by atoms with E-state index in [0.29, 0.717) is 10.0 Å². The Morgan fingerprint density at radius 2 is 1.68 bits per heavy atom. The average Bonchev–Trinajstić information content (AvgIpc) is 2.30. The van der Waals surface area contributed by atoms with Crippen molar-refractivity contribution in [1.29, 1.82) is 0 Å². The van der Waals surface area contributed by atoms with Crippen molar-refractivity contribution in [2.24, 2.45) is 0 Å². The number of halogens is 5. The Kier molecular flexibility index (Phi) is 4.52. The summed E-state index contributed by atoms with van der Waals surface area (Å²) in [5, 5.41) is 2.74. The second-order valence-electron chi connectivity index (χ2n) is 3.83. The number of nitrogens with one attached hydrogen (secondary N) is 1. The molecule has 0 unspecified atom stereocenters. The maximum atomic E-state index is 13.6. The van der Waals surface area contributed by atoms with E-state index in [2.05, 4.69) is 37.2 Å². The largest absolute Gasteiger partial charge is 0.378 e. The number of hydrogen-bond acceptors (Lipinski definition) is 1. The lowest BCUT2D eigenvalue weighted by Gasteiger charge is -2.10. The Morgan fingerprint density at radius 1 is 0.947 bits per heavy atom. The Bertz CT molecular complexity index is 594. The van der Waals surface area contributed by atoms with Crippen molar-refractivity contribution >= 4 is 37.5 Å². The summed E-state index contributed by atoms with van der Waals surface area (Å²) in [6, 6.07) is 6.51. The molecule has 2 aromatic carbocycles. The van der Waals surface area contributed by atoms with E-state index < -0.39 is 17.5 Å². The van der Waals surface area contributed by atoms with Gasteiger partial charge >= 0.3 is 0 Å². The van der Waals surface area contributed by atoms with Crippen LogP contribution in [0.4, 0.5) is 18.9 Å². The van der Waals surface area contributed by atoms with Gasteiger partial charge in [-0.2, -0.15) is 0 Å². The topological polar surface area (TPSA) is 12.0 Å². The molecule has 0 fully saturated rings. The van der Waals surface area contributed by atoms with E-state index in [1.165, 1.54) is 6.07 Å². The second kappa shape index (κ2) is 5.96. The zero-order valence-electron chi connectivity index (χ0n) is 9.48. The molecule has 1 N–H and O–H groups in total. The fourth-order valence-electron chi connectivity index (χ4n) is 1.56. The number of benzene rings is 2. The summed E-state index contributed by atoms with van der Waals surface area (Å²) in [6.45, 7) is 0.0975. The Morgan fingerprint density at radius 3 is 2.32 bits per heavy atom. The summed E-state index contributed by atoms with van der Waals surface area (Å²) in [5.41, 5.74) is 0.488. The summed E-state index contributed by atoms with van der Waals surface area (Å²) in [5.74, 6) is -1.81. The van der Waals surface area contributed by atoms with Crippen LogP contribution in [0.3, 0.4) is 0 Å². The molecule has 0 atom stereocenters. The van der Waals surface area contributed by atoms with Crippen molar-refractivity contribution in [2.45, 2.75) is 6.54 Å². The zero-order valence-corrected chi connectivity index (χ0v) is 12.7. The van der Waals surface area contributed by atoms with Crippen LogP contribution < -0.4 is 5.32 Å². The van der Waals surface area contributed by atoms with Crippen molar-refractivity contribution in [2.75, 3.05) is 5.32 Å². The average molecular weight is 395 g/mol. The first kappa shape index (κ1) is 14.4. The van der Waals surface area contributed by atoms with Crippen LogP contribution in [0.15, 0.2) is 39.3 Å². The molecule has 19 heavy (non-hydrogen) atoms. The first-order valence-corrected chi connectivity index (χ1v) is 6.88. The fraction of sp³-hybridized carbons (Fsp3) is 0.0769. The molecule has 0 aromatic heterocycles. The predicted octanol–water partition coefficient (Wildman–Crippen LogP) is 5.24. The highest BCUT2D eigenvalue weighted by Gasteiger charge is 2.10. The Balaban J connectivity index is 2.19. The molecule has 2 aromatic rings. The van der Waals surface area contributed by atoms with E-state index in [-0.39, 0.29) is 16.7 Å². The Labute approximate surface area is 125 Å². The molecule has 0 bridgehead atoms. The van der Waals surface area contributed by atoms with Gasteiger partial charge < -0.3 is 5.32 Å². The maximum Gasteiger partial charge on any atom is 0.150 e. The summed E-state index contributed by atoms with van der Waals surface area (Å²) < 4.78 is 40.9. The van der Waals surface area contributed by atoms with Crippen molar-refractivity contribution in [3.8, 4) is 0 Å². The maximum absolute atomic E-state index is 13.6. The molecule has 0 aliphatic heterocycles. The standard InChI is InChI=1S/C13H8Br2F3N/c14-8-2-1-7(11(17)3-8)6-19-13-10(15)4-9(16)5-12(13)18/h1-5,19H,6H2. The van der Waals surface area contributed by atoms with Gasteiger partial charge in [0, 0.05) is 27.1 Å². The summed E-state index contributed by atoms with van der Waals surface area (Å²) >= 11 is 6.21. The van der Waals surface area contributed by atoms with Crippen LogP contribution in [0.5, 0.6) is 0 Å². The van der Waals surface area contributed by atoms with Gasteiger partial charge in [0.1, 0.15) is 17.5 Å². The quantitative estimate of drug-likeness (QED) is 0.750. The lowest BCUT2D eigenvalue weighted by atomic mass is 10.2. The van der Waals surface area contributed by atoms with Crippen molar-refractivity contribution < 1.29 is 13.2 Å². The first-order chi connectivity index (χ1) is 8.97. The first-order valence-electron chi connectivity index (χ1n) is 5.29. The van der Waals surface area contributed by atoms with E-state index in [4.69, 9.17) is 0 Å². The number of anilines is 1. The van der Waals surface area contributed by atoms with E-state index in [0.717, 1.165) is 12.1 Å². The normalized spacial score (nSPS) is 10.6. The van der Waals surface area contributed by atoms with Crippen LogP contribution in [0.25, 0.3) is 0 Å². The van der Waals surface area contributed by atoms with Crippen LogP contribution in [-0.2, 0) is 6.54 Å². The third-order valence-electron chi connectivity index (χ3n) is 2.48. The lowest BCUT2D eigenvalue weighted by Crippen LogP contribution is -2.04. The van der Waals surface area contributed by atoms with E-state index in [1.54, 1.807) is 12.1 Å². The fourth-order valence-corrected chi connectivity index (χ4v) is 2.44. The number of rotatable bonds is 3. The minimum absolute atomic E-state index is 0.0975. The van der Waals surface area contributed by atoms with Gasteiger partial charge in [0.15, 0.2) is 0 Å². The molecule has 0 amide bonds.